The maximum Gasteiger partial charge on any atom is 0.323 e. The SMILES string of the molecule is CC(C)n1cc(-c2cccc(NC(=O)Nc3ccc(I)c(F)c3)c2)c(-c2ccncc2)n1. The van der Waals surface area contributed by atoms with Gasteiger partial charge >= 0.3 is 6.03 Å². The Bertz CT molecular complexity index is 1260. The third-order valence-electron chi connectivity index (χ3n) is 4.82. The van der Waals surface area contributed by atoms with E-state index in [9.17, 15) is 9.18 Å². The average Bonchev–Trinajstić information content (AvgIpc) is 3.23. The van der Waals surface area contributed by atoms with Crippen LogP contribution >= 0.6 is 22.6 Å². The van der Waals surface area contributed by atoms with Gasteiger partial charge in [0.15, 0.2) is 0 Å². The average molecular weight is 541 g/mol. The van der Waals surface area contributed by atoms with Crippen LogP contribution in [0.3, 0.4) is 0 Å². The van der Waals surface area contributed by atoms with E-state index >= 15 is 0 Å². The maximum absolute atomic E-state index is 13.7. The number of halogens is 2. The Morgan fingerprint density at radius 3 is 2.41 bits per heavy atom. The van der Waals surface area contributed by atoms with Gasteiger partial charge in [0.25, 0.3) is 0 Å². The third-order valence-corrected chi connectivity index (χ3v) is 5.70. The van der Waals surface area contributed by atoms with Crippen molar-refractivity contribution < 1.29 is 9.18 Å². The van der Waals surface area contributed by atoms with Crippen LogP contribution < -0.4 is 10.6 Å². The molecule has 0 aliphatic rings. The molecule has 0 spiro atoms. The minimum Gasteiger partial charge on any atom is -0.308 e. The molecule has 2 heterocycles. The molecular formula is C24H21FIN5O. The minimum absolute atomic E-state index is 0.200. The topological polar surface area (TPSA) is 71.8 Å². The maximum atomic E-state index is 13.7. The van der Waals surface area contributed by atoms with Crippen LogP contribution in [0.4, 0.5) is 20.6 Å². The normalized spacial score (nSPS) is 10.9. The molecule has 32 heavy (non-hydrogen) atoms. The lowest BCUT2D eigenvalue weighted by Crippen LogP contribution is -2.19. The van der Waals surface area contributed by atoms with E-state index in [4.69, 9.17) is 5.10 Å². The monoisotopic (exact) mass is 541 g/mol. The fourth-order valence-corrected chi connectivity index (χ4v) is 3.56. The quantitative estimate of drug-likeness (QED) is 0.281. The van der Waals surface area contributed by atoms with Crippen LogP contribution in [-0.2, 0) is 0 Å². The molecule has 0 atom stereocenters. The largest absolute Gasteiger partial charge is 0.323 e. The summed E-state index contributed by atoms with van der Waals surface area (Å²) in [6.07, 6.45) is 5.49. The van der Waals surface area contributed by atoms with Gasteiger partial charge in [0, 0.05) is 50.7 Å². The van der Waals surface area contributed by atoms with Gasteiger partial charge in [0.05, 0.1) is 0 Å². The van der Waals surface area contributed by atoms with Crippen LogP contribution in [0, 0.1) is 9.39 Å². The second-order valence-electron chi connectivity index (χ2n) is 7.49. The van der Waals surface area contributed by atoms with Crippen LogP contribution in [0.5, 0.6) is 0 Å². The molecule has 0 bridgehead atoms. The van der Waals surface area contributed by atoms with Crippen molar-refractivity contribution in [2.45, 2.75) is 19.9 Å². The standard InChI is InChI=1S/C24H21FIN5O/c1-15(2)31-14-20(23(30-31)16-8-10-27-11-9-16)17-4-3-5-18(12-17)28-24(32)29-19-6-7-22(26)21(25)13-19/h3-15H,1-2H3,(H2,28,29,32). The first kappa shape index (κ1) is 21.9. The molecule has 0 saturated carbocycles. The van der Waals surface area contributed by atoms with Gasteiger partial charge in [-0.1, -0.05) is 12.1 Å². The van der Waals surface area contributed by atoms with Crippen molar-refractivity contribution in [2.24, 2.45) is 0 Å². The molecule has 162 valence electrons. The number of carbonyl (C=O) groups excluding carboxylic acids is 1. The van der Waals surface area contributed by atoms with Crippen LogP contribution in [0.1, 0.15) is 19.9 Å². The summed E-state index contributed by atoms with van der Waals surface area (Å²) in [5.74, 6) is -0.379. The van der Waals surface area contributed by atoms with Crippen molar-refractivity contribution in [1.29, 1.82) is 0 Å². The molecule has 0 aliphatic carbocycles. The molecule has 0 radical (unpaired) electrons. The molecule has 2 amide bonds. The number of amides is 2. The molecule has 2 aromatic heterocycles. The molecule has 0 saturated heterocycles. The number of anilines is 2. The minimum atomic E-state index is -0.449. The summed E-state index contributed by atoms with van der Waals surface area (Å²) in [5.41, 5.74) is 4.68. The zero-order valence-electron chi connectivity index (χ0n) is 17.5. The second kappa shape index (κ2) is 9.47. The van der Waals surface area contributed by atoms with E-state index in [0.717, 1.165) is 22.4 Å². The first-order valence-electron chi connectivity index (χ1n) is 10.0. The summed E-state index contributed by atoms with van der Waals surface area (Å²) in [4.78, 5) is 16.5. The Morgan fingerprint density at radius 1 is 1.00 bits per heavy atom. The number of nitrogens with zero attached hydrogens (tertiary/aromatic N) is 3. The molecule has 4 aromatic rings. The highest BCUT2D eigenvalue weighted by Gasteiger charge is 2.15. The van der Waals surface area contributed by atoms with Gasteiger partial charge in [0.1, 0.15) is 11.5 Å². The number of urea groups is 1. The molecule has 0 fully saturated rings. The van der Waals surface area contributed by atoms with Gasteiger partial charge in [-0.15, -0.1) is 0 Å². The highest BCUT2D eigenvalue weighted by atomic mass is 127. The lowest BCUT2D eigenvalue weighted by Gasteiger charge is -2.10. The molecule has 0 aliphatic heterocycles. The van der Waals surface area contributed by atoms with Crippen LogP contribution in [0.15, 0.2) is 73.2 Å². The lowest BCUT2D eigenvalue weighted by molar-refractivity contribution is 0.262. The van der Waals surface area contributed by atoms with Crippen molar-refractivity contribution in [3.63, 3.8) is 0 Å². The summed E-state index contributed by atoms with van der Waals surface area (Å²) in [6.45, 7) is 4.14. The van der Waals surface area contributed by atoms with E-state index in [1.807, 2.05) is 63.8 Å². The Kier molecular flexibility index (Phi) is 6.50. The molecular weight excluding hydrogens is 520 g/mol. The zero-order chi connectivity index (χ0) is 22.7. The summed E-state index contributed by atoms with van der Waals surface area (Å²) in [5, 5.41) is 10.2. The van der Waals surface area contributed by atoms with Crippen molar-refractivity contribution in [3.8, 4) is 22.4 Å². The van der Waals surface area contributed by atoms with E-state index in [0.29, 0.717) is 14.9 Å². The molecule has 2 aromatic carbocycles. The highest BCUT2D eigenvalue weighted by Crippen LogP contribution is 2.33. The highest BCUT2D eigenvalue weighted by molar-refractivity contribution is 14.1. The first-order valence-corrected chi connectivity index (χ1v) is 11.1. The van der Waals surface area contributed by atoms with E-state index in [-0.39, 0.29) is 11.9 Å². The number of rotatable bonds is 5. The first-order chi connectivity index (χ1) is 15.4. The zero-order valence-corrected chi connectivity index (χ0v) is 19.7. The van der Waals surface area contributed by atoms with E-state index in [1.165, 1.54) is 6.07 Å². The van der Waals surface area contributed by atoms with Gasteiger partial charge in [0.2, 0.25) is 0 Å². The molecule has 0 unspecified atom stereocenters. The van der Waals surface area contributed by atoms with E-state index in [2.05, 4.69) is 29.5 Å². The number of benzene rings is 2. The Morgan fingerprint density at radius 2 is 1.72 bits per heavy atom. The Hall–Kier alpha value is -3.27. The van der Waals surface area contributed by atoms with Gasteiger partial charge < -0.3 is 10.6 Å². The van der Waals surface area contributed by atoms with E-state index < -0.39 is 6.03 Å². The number of aromatic nitrogens is 3. The van der Waals surface area contributed by atoms with Gasteiger partial charge in [-0.3, -0.25) is 9.67 Å². The predicted molar refractivity (Wildman–Crippen MR) is 133 cm³/mol. The molecule has 6 nitrogen and oxygen atoms in total. The number of carbonyl (C=O) groups is 1. The predicted octanol–water partition coefficient (Wildman–Crippen LogP) is 6.58. The second-order valence-corrected chi connectivity index (χ2v) is 8.65. The number of hydrogen-bond donors (Lipinski definition) is 2. The van der Waals surface area contributed by atoms with Gasteiger partial charge in [-0.2, -0.15) is 5.10 Å². The van der Waals surface area contributed by atoms with Crippen LogP contribution in [-0.4, -0.2) is 20.8 Å². The summed E-state index contributed by atoms with van der Waals surface area (Å²) in [6, 6.07) is 15.7. The van der Waals surface area contributed by atoms with Gasteiger partial charge in [-0.25, -0.2) is 9.18 Å². The molecule has 2 N–H and O–H groups in total. The third kappa shape index (κ3) is 4.96. The molecule has 8 heteroatoms. The lowest BCUT2D eigenvalue weighted by atomic mass is 10.0. The van der Waals surface area contributed by atoms with Crippen molar-refractivity contribution >= 4 is 40.0 Å². The van der Waals surface area contributed by atoms with Crippen molar-refractivity contribution in [2.75, 3.05) is 10.6 Å². The fraction of sp³-hybridized carbons (Fsp3) is 0.125. The Labute approximate surface area is 199 Å². The summed E-state index contributed by atoms with van der Waals surface area (Å²) < 4.78 is 16.2. The number of hydrogen-bond acceptors (Lipinski definition) is 3. The fourth-order valence-electron chi connectivity index (χ4n) is 3.22. The van der Waals surface area contributed by atoms with Crippen molar-refractivity contribution in [1.82, 2.24) is 14.8 Å². The summed E-state index contributed by atoms with van der Waals surface area (Å²) >= 11 is 1.90. The number of nitrogens with one attached hydrogen (secondary N) is 2. The molecule has 4 rings (SSSR count). The van der Waals surface area contributed by atoms with E-state index in [1.54, 1.807) is 30.6 Å². The Balaban J connectivity index is 1.60. The van der Waals surface area contributed by atoms with Crippen LogP contribution in [0.25, 0.3) is 22.4 Å². The van der Waals surface area contributed by atoms with Gasteiger partial charge in [-0.05, 0) is 84.5 Å². The number of pyridine rings is 1. The van der Waals surface area contributed by atoms with Crippen LogP contribution in [0.2, 0.25) is 0 Å². The van der Waals surface area contributed by atoms with Crippen molar-refractivity contribution in [3.05, 3.63) is 82.6 Å². The summed E-state index contributed by atoms with van der Waals surface area (Å²) in [7, 11) is 0. The smallest absolute Gasteiger partial charge is 0.308 e.